The van der Waals surface area contributed by atoms with Crippen LogP contribution in [0.5, 0.6) is 0 Å². The van der Waals surface area contributed by atoms with Gasteiger partial charge in [-0.3, -0.25) is 0 Å². The van der Waals surface area contributed by atoms with E-state index in [1.165, 1.54) is 25.7 Å². The first-order valence-corrected chi connectivity index (χ1v) is 5.40. The monoisotopic (exact) mass is 178 g/mol. The lowest BCUT2D eigenvalue weighted by Gasteiger charge is -2.28. The molecule has 0 heterocycles. The molecule has 2 aliphatic rings. The van der Waals surface area contributed by atoms with E-state index in [1.807, 2.05) is 0 Å². The molecule has 1 nitrogen and oxygen atoms in total. The molecule has 0 radical (unpaired) electrons. The smallest absolute Gasteiger partial charge is 0.0540 e. The molecule has 0 saturated heterocycles. The normalized spacial score (nSPS) is 34.4. The Kier molecular flexibility index (Phi) is 2.84. The molecule has 0 spiro atoms. The van der Waals surface area contributed by atoms with Crippen LogP contribution in [0.3, 0.4) is 0 Å². The molecule has 0 aliphatic heterocycles. The molecule has 0 unspecified atom stereocenters. The van der Waals surface area contributed by atoms with Gasteiger partial charge in [0.25, 0.3) is 0 Å². The highest BCUT2D eigenvalue weighted by molar-refractivity contribution is 5.20. The van der Waals surface area contributed by atoms with Crippen LogP contribution in [-0.2, 0) is 0 Å². The highest BCUT2D eigenvalue weighted by atomic mass is 16.3. The SMILES string of the molecule is OC1CCC(C2=CC=CCC2)CC1. The molecular formula is C12H18O. The van der Waals surface area contributed by atoms with Crippen molar-refractivity contribution < 1.29 is 5.11 Å². The number of hydrogen-bond acceptors (Lipinski definition) is 1. The molecule has 1 saturated carbocycles. The Morgan fingerprint density at radius 1 is 1.15 bits per heavy atom. The number of aliphatic hydroxyl groups excluding tert-OH is 1. The van der Waals surface area contributed by atoms with Crippen LogP contribution in [0.2, 0.25) is 0 Å². The Morgan fingerprint density at radius 2 is 1.92 bits per heavy atom. The summed E-state index contributed by atoms with van der Waals surface area (Å²) in [6, 6.07) is 0. The van der Waals surface area contributed by atoms with Crippen LogP contribution in [0.25, 0.3) is 0 Å². The van der Waals surface area contributed by atoms with Gasteiger partial charge in [0.15, 0.2) is 0 Å². The minimum atomic E-state index is -0.0176. The zero-order valence-electron chi connectivity index (χ0n) is 8.08. The van der Waals surface area contributed by atoms with Gasteiger partial charge in [0.1, 0.15) is 0 Å². The average molecular weight is 178 g/mol. The van der Waals surface area contributed by atoms with E-state index < -0.39 is 0 Å². The number of aliphatic hydroxyl groups is 1. The van der Waals surface area contributed by atoms with Gasteiger partial charge in [-0.25, -0.2) is 0 Å². The second-order valence-corrected chi connectivity index (χ2v) is 4.21. The van der Waals surface area contributed by atoms with Gasteiger partial charge in [-0.2, -0.15) is 0 Å². The molecule has 1 heteroatoms. The van der Waals surface area contributed by atoms with Crippen molar-refractivity contribution in [3.05, 3.63) is 23.8 Å². The van der Waals surface area contributed by atoms with E-state index in [9.17, 15) is 5.11 Å². The molecule has 2 rings (SSSR count). The van der Waals surface area contributed by atoms with Gasteiger partial charge >= 0.3 is 0 Å². The number of hydrogen-bond donors (Lipinski definition) is 1. The quantitative estimate of drug-likeness (QED) is 0.654. The zero-order chi connectivity index (χ0) is 9.10. The summed E-state index contributed by atoms with van der Waals surface area (Å²) >= 11 is 0. The fourth-order valence-corrected chi connectivity index (χ4v) is 2.41. The fraction of sp³-hybridized carbons (Fsp3) is 0.667. The lowest BCUT2D eigenvalue weighted by molar-refractivity contribution is 0.115. The van der Waals surface area contributed by atoms with E-state index in [2.05, 4.69) is 18.2 Å². The van der Waals surface area contributed by atoms with Gasteiger partial charge < -0.3 is 5.11 Å². The van der Waals surface area contributed by atoms with E-state index in [-0.39, 0.29) is 6.10 Å². The lowest BCUT2D eigenvalue weighted by Crippen LogP contribution is -2.19. The maximum atomic E-state index is 9.39. The van der Waals surface area contributed by atoms with Crippen molar-refractivity contribution in [3.63, 3.8) is 0 Å². The predicted octanol–water partition coefficient (Wildman–Crippen LogP) is 2.81. The highest BCUT2D eigenvalue weighted by Crippen LogP contribution is 2.33. The van der Waals surface area contributed by atoms with Crippen LogP contribution in [0.15, 0.2) is 23.8 Å². The standard InChI is InChI=1S/C12H18O/c13-12-8-6-11(7-9-12)10-4-2-1-3-5-10/h1-2,4,11-13H,3,5-9H2. The highest BCUT2D eigenvalue weighted by Gasteiger charge is 2.22. The van der Waals surface area contributed by atoms with Gasteiger partial charge in [-0.15, -0.1) is 0 Å². The van der Waals surface area contributed by atoms with Crippen molar-refractivity contribution in [3.8, 4) is 0 Å². The number of rotatable bonds is 1. The van der Waals surface area contributed by atoms with Crippen molar-refractivity contribution >= 4 is 0 Å². The second-order valence-electron chi connectivity index (χ2n) is 4.21. The summed E-state index contributed by atoms with van der Waals surface area (Å²) in [5.41, 5.74) is 1.62. The van der Waals surface area contributed by atoms with E-state index in [1.54, 1.807) is 5.57 Å². The van der Waals surface area contributed by atoms with Crippen molar-refractivity contribution in [2.75, 3.05) is 0 Å². The molecule has 0 bridgehead atoms. The van der Waals surface area contributed by atoms with Crippen LogP contribution in [-0.4, -0.2) is 11.2 Å². The number of allylic oxidation sites excluding steroid dienone is 4. The molecular weight excluding hydrogens is 160 g/mol. The Bertz CT molecular complexity index is 219. The van der Waals surface area contributed by atoms with Gasteiger partial charge in [0, 0.05) is 0 Å². The van der Waals surface area contributed by atoms with Gasteiger partial charge in [0.05, 0.1) is 6.10 Å². The van der Waals surface area contributed by atoms with Crippen molar-refractivity contribution in [2.24, 2.45) is 5.92 Å². The molecule has 0 aromatic rings. The Hall–Kier alpha value is -0.560. The molecule has 0 atom stereocenters. The Morgan fingerprint density at radius 3 is 2.54 bits per heavy atom. The third-order valence-electron chi connectivity index (χ3n) is 3.27. The summed E-state index contributed by atoms with van der Waals surface area (Å²) in [5, 5.41) is 9.39. The second kappa shape index (κ2) is 4.10. The van der Waals surface area contributed by atoms with Crippen molar-refractivity contribution in [2.45, 2.75) is 44.6 Å². The third kappa shape index (κ3) is 2.22. The van der Waals surface area contributed by atoms with Crippen LogP contribution >= 0.6 is 0 Å². The topological polar surface area (TPSA) is 20.2 Å². The Balaban J connectivity index is 1.93. The molecule has 1 N–H and O–H groups in total. The molecule has 0 aromatic heterocycles. The molecule has 1 fully saturated rings. The minimum Gasteiger partial charge on any atom is -0.393 e. The molecule has 0 aromatic carbocycles. The molecule has 0 amide bonds. The summed E-state index contributed by atoms with van der Waals surface area (Å²) in [6.45, 7) is 0. The molecule has 2 aliphatic carbocycles. The summed E-state index contributed by atoms with van der Waals surface area (Å²) < 4.78 is 0. The fourth-order valence-electron chi connectivity index (χ4n) is 2.41. The molecule has 72 valence electrons. The van der Waals surface area contributed by atoms with Crippen LogP contribution < -0.4 is 0 Å². The van der Waals surface area contributed by atoms with E-state index >= 15 is 0 Å². The zero-order valence-corrected chi connectivity index (χ0v) is 8.08. The molecule has 13 heavy (non-hydrogen) atoms. The maximum absolute atomic E-state index is 9.39. The minimum absolute atomic E-state index is 0.0176. The summed E-state index contributed by atoms with van der Waals surface area (Å²) in [4.78, 5) is 0. The first-order valence-electron chi connectivity index (χ1n) is 5.40. The van der Waals surface area contributed by atoms with E-state index in [0.29, 0.717) is 0 Å². The first kappa shape index (κ1) is 9.01. The van der Waals surface area contributed by atoms with E-state index in [4.69, 9.17) is 0 Å². The van der Waals surface area contributed by atoms with Gasteiger partial charge in [0.2, 0.25) is 0 Å². The predicted molar refractivity (Wildman–Crippen MR) is 54.4 cm³/mol. The van der Waals surface area contributed by atoms with Crippen LogP contribution in [0, 0.1) is 5.92 Å². The maximum Gasteiger partial charge on any atom is 0.0540 e. The largest absolute Gasteiger partial charge is 0.393 e. The third-order valence-corrected chi connectivity index (χ3v) is 3.27. The van der Waals surface area contributed by atoms with Crippen molar-refractivity contribution in [1.29, 1.82) is 0 Å². The van der Waals surface area contributed by atoms with Crippen LogP contribution in [0.4, 0.5) is 0 Å². The average Bonchev–Trinajstić information content (AvgIpc) is 2.20. The van der Waals surface area contributed by atoms with E-state index in [0.717, 1.165) is 18.8 Å². The summed E-state index contributed by atoms with van der Waals surface area (Å²) in [5.74, 6) is 0.772. The van der Waals surface area contributed by atoms with Crippen molar-refractivity contribution in [1.82, 2.24) is 0 Å². The Labute approximate surface area is 80.2 Å². The lowest BCUT2D eigenvalue weighted by atomic mass is 9.80. The summed E-state index contributed by atoms with van der Waals surface area (Å²) in [7, 11) is 0. The van der Waals surface area contributed by atoms with Gasteiger partial charge in [-0.1, -0.05) is 23.8 Å². The van der Waals surface area contributed by atoms with Gasteiger partial charge in [-0.05, 0) is 44.4 Å². The van der Waals surface area contributed by atoms with Crippen LogP contribution in [0.1, 0.15) is 38.5 Å². The first-order chi connectivity index (χ1) is 6.36. The summed E-state index contributed by atoms with van der Waals surface area (Å²) in [6.07, 6.45) is 13.6.